The summed E-state index contributed by atoms with van der Waals surface area (Å²) in [6, 6.07) is 12.9. The highest BCUT2D eigenvalue weighted by atomic mass is 35.5. The monoisotopic (exact) mass is 396 g/mol. The fourth-order valence-corrected chi connectivity index (χ4v) is 2.71. The van der Waals surface area contributed by atoms with Crippen LogP contribution in [-0.2, 0) is 16.1 Å². The van der Waals surface area contributed by atoms with Crippen LogP contribution in [0.3, 0.4) is 0 Å². The second-order valence-electron chi connectivity index (χ2n) is 5.14. The van der Waals surface area contributed by atoms with Gasteiger partial charge in [-0.3, -0.25) is 4.79 Å². The van der Waals surface area contributed by atoms with E-state index < -0.39 is 0 Å². The summed E-state index contributed by atoms with van der Waals surface area (Å²) in [5, 5.41) is 7.26. The maximum absolute atomic E-state index is 11.5. The highest BCUT2D eigenvalue weighted by Gasteiger charge is 2.09. The van der Waals surface area contributed by atoms with E-state index in [1.54, 1.807) is 19.1 Å². The predicted molar refractivity (Wildman–Crippen MR) is 107 cm³/mol. The summed E-state index contributed by atoms with van der Waals surface area (Å²) in [7, 11) is 0. The molecule has 0 aromatic heterocycles. The molecule has 2 aromatic rings. The molecule has 0 aliphatic carbocycles. The standard InChI is InChI=1S/C18H18Cl2N2O2S/c1-2-24-17(23)11-21-16-6-4-3-5-13(16)18(25)22-10-12-7-8-14(19)15(20)9-12/h3-9,21H,2,10-11H2,1H3,(H,22,25). The molecule has 2 N–H and O–H groups in total. The second-order valence-corrected chi connectivity index (χ2v) is 6.36. The third kappa shape index (κ3) is 5.88. The molecule has 0 spiro atoms. The van der Waals surface area contributed by atoms with Gasteiger partial charge in [0.2, 0.25) is 0 Å². The molecule has 0 aliphatic heterocycles. The summed E-state index contributed by atoms with van der Waals surface area (Å²) in [6.45, 7) is 2.72. The molecule has 0 saturated carbocycles. The van der Waals surface area contributed by atoms with Gasteiger partial charge >= 0.3 is 5.97 Å². The van der Waals surface area contributed by atoms with Gasteiger partial charge in [0.15, 0.2) is 0 Å². The van der Waals surface area contributed by atoms with Gasteiger partial charge in [-0.25, -0.2) is 0 Å². The van der Waals surface area contributed by atoms with Crippen LogP contribution in [0.25, 0.3) is 0 Å². The quantitative estimate of drug-likeness (QED) is 0.535. The molecule has 7 heteroatoms. The zero-order chi connectivity index (χ0) is 18.2. The number of anilines is 1. The molecule has 0 saturated heterocycles. The topological polar surface area (TPSA) is 50.4 Å². The SMILES string of the molecule is CCOC(=O)CNc1ccccc1C(=S)NCc1ccc(Cl)c(Cl)c1. The van der Waals surface area contributed by atoms with Crippen LogP contribution in [0, 0.1) is 0 Å². The van der Waals surface area contributed by atoms with Crippen molar-refractivity contribution < 1.29 is 9.53 Å². The van der Waals surface area contributed by atoms with E-state index in [-0.39, 0.29) is 12.5 Å². The number of nitrogens with one attached hydrogen (secondary N) is 2. The number of benzene rings is 2. The Morgan fingerprint density at radius 1 is 1.16 bits per heavy atom. The first-order chi connectivity index (χ1) is 12.0. The highest BCUT2D eigenvalue weighted by molar-refractivity contribution is 7.80. The van der Waals surface area contributed by atoms with Crippen LogP contribution in [0.2, 0.25) is 10.0 Å². The average molecular weight is 397 g/mol. The molecule has 0 bridgehead atoms. The summed E-state index contributed by atoms with van der Waals surface area (Å²) in [6.07, 6.45) is 0. The van der Waals surface area contributed by atoms with Gasteiger partial charge in [-0.2, -0.15) is 0 Å². The van der Waals surface area contributed by atoms with Crippen molar-refractivity contribution in [2.24, 2.45) is 0 Å². The van der Waals surface area contributed by atoms with E-state index in [4.69, 9.17) is 40.2 Å². The van der Waals surface area contributed by atoms with Crippen molar-refractivity contribution in [3.05, 3.63) is 63.6 Å². The minimum atomic E-state index is -0.313. The lowest BCUT2D eigenvalue weighted by Crippen LogP contribution is -2.24. The number of carbonyl (C=O) groups is 1. The molecule has 2 rings (SSSR count). The second kappa shape index (κ2) is 9.61. The number of hydrogen-bond acceptors (Lipinski definition) is 4. The van der Waals surface area contributed by atoms with Crippen molar-refractivity contribution in [1.29, 1.82) is 0 Å². The lowest BCUT2D eigenvalue weighted by atomic mass is 10.1. The van der Waals surface area contributed by atoms with Gasteiger partial charge in [-0.05, 0) is 36.8 Å². The summed E-state index contributed by atoms with van der Waals surface area (Å²) >= 11 is 17.4. The highest BCUT2D eigenvalue weighted by Crippen LogP contribution is 2.22. The van der Waals surface area contributed by atoms with Crippen molar-refractivity contribution in [3.63, 3.8) is 0 Å². The first-order valence-corrected chi connectivity index (χ1v) is 8.88. The summed E-state index contributed by atoms with van der Waals surface area (Å²) < 4.78 is 4.92. The Bertz CT molecular complexity index is 768. The Kier molecular flexibility index (Phi) is 7.50. The van der Waals surface area contributed by atoms with E-state index in [9.17, 15) is 4.79 Å². The van der Waals surface area contributed by atoms with Crippen molar-refractivity contribution >= 4 is 52.1 Å². The van der Waals surface area contributed by atoms with Gasteiger partial charge in [0, 0.05) is 17.8 Å². The molecule has 0 atom stereocenters. The van der Waals surface area contributed by atoms with Gasteiger partial charge in [0.05, 0.1) is 16.7 Å². The first kappa shape index (κ1) is 19.5. The smallest absolute Gasteiger partial charge is 0.325 e. The Morgan fingerprint density at radius 3 is 2.64 bits per heavy atom. The van der Waals surface area contributed by atoms with Crippen LogP contribution in [0.1, 0.15) is 18.1 Å². The van der Waals surface area contributed by atoms with E-state index in [2.05, 4.69) is 10.6 Å². The summed E-state index contributed by atoms with van der Waals surface area (Å²) in [5.74, 6) is -0.313. The molecule has 0 fully saturated rings. The van der Waals surface area contributed by atoms with Crippen molar-refractivity contribution in [2.75, 3.05) is 18.5 Å². The van der Waals surface area contributed by atoms with Gasteiger partial charge < -0.3 is 15.4 Å². The fraction of sp³-hybridized carbons (Fsp3) is 0.222. The zero-order valence-electron chi connectivity index (χ0n) is 13.6. The number of rotatable bonds is 7. The van der Waals surface area contributed by atoms with Gasteiger partial charge in [-0.1, -0.05) is 53.6 Å². The number of halogens is 2. The number of carbonyl (C=O) groups excluding carboxylic acids is 1. The minimum absolute atomic E-state index is 0.0836. The number of esters is 1. The molecule has 2 aromatic carbocycles. The molecular formula is C18H18Cl2N2O2S. The number of hydrogen-bond donors (Lipinski definition) is 2. The van der Waals surface area contributed by atoms with Crippen LogP contribution in [0.4, 0.5) is 5.69 Å². The van der Waals surface area contributed by atoms with E-state index in [0.717, 1.165) is 16.8 Å². The van der Waals surface area contributed by atoms with Crippen LogP contribution in [-0.4, -0.2) is 24.1 Å². The number of ether oxygens (including phenoxy) is 1. The number of para-hydroxylation sites is 1. The third-order valence-electron chi connectivity index (χ3n) is 3.34. The zero-order valence-corrected chi connectivity index (χ0v) is 16.0. The molecule has 25 heavy (non-hydrogen) atoms. The predicted octanol–water partition coefficient (Wildman–Crippen LogP) is 4.43. The summed E-state index contributed by atoms with van der Waals surface area (Å²) in [4.78, 5) is 12.1. The lowest BCUT2D eigenvalue weighted by Gasteiger charge is -2.14. The fourth-order valence-electron chi connectivity index (χ4n) is 2.14. The molecule has 0 aliphatic rings. The van der Waals surface area contributed by atoms with Crippen LogP contribution in [0.5, 0.6) is 0 Å². The molecule has 0 amide bonds. The Balaban J connectivity index is 2.01. The van der Waals surface area contributed by atoms with Gasteiger partial charge in [-0.15, -0.1) is 0 Å². The Labute approximate surface area is 162 Å². The van der Waals surface area contributed by atoms with Crippen LogP contribution < -0.4 is 10.6 Å². The molecule has 132 valence electrons. The molecule has 0 radical (unpaired) electrons. The maximum atomic E-state index is 11.5. The van der Waals surface area contributed by atoms with E-state index in [1.807, 2.05) is 30.3 Å². The lowest BCUT2D eigenvalue weighted by molar-refractivity contribution is -0.140. The van der Waals surface area contributed by atoms with Crippen LogP contribution in [0.15, 0.2) is 42.5 Å². The van der Waals surface area contributed by atoms with E-state index in [0.29, 0.717) is 28.2 Å². The third-order valence-corrected chi connectivity index (χ3v) is 4.44. The van der Waals surface area contributed by atoms with Crippen LogP contribution >= 0.6 is 35.4 Å². The largest absolute Gasteiger partial charge is 0.465 e. The number of thiocarbonyl (C=S) groups is 1. The average Bonchev–Trinajstić information content (AvgIpc) is 2.61. The van der Waals surface area contributed by atoms with Gasteiger partial charge in [0.25, 0.3) is 0 Å². The normalized spacial score (nSPS) is 10.2. The van der Waals surface area contributed by atoms with E-state index >= 15 is 0 Å². The van der Waals surface area contributed by atoms with E-state index in [1.165, 1.54) is 0 Å². The Morgan fingerprint density at radius 2 is 1.92 bits per heavy atom. The van der Waals surface area contributed by atoms with Gasteiger partial charge in [0.1, 0.15) is 11.5 Å². The Hall–Kier alpha value is -1.82. The molecule has 0 heterocycles. The minimum Gasteiger partial charge on any atom is -0.465 e. The molecule has 4 nitrogen and oxygen atoms in total. The van der Waals surface area contributed by atoms with Crippen molar-refractivity contribution in [2.45, 2.75) is 13.5 Å². The first-order valence-electron chi connectivity index (χ1n) is 7.72. The molecule has 0 unspecified atom stereocenters. The summed E-state index contributed by atoms with van der Waals surface area (Å²) in [5.41, 5.74) is 2.54. The maximum Gasteiger partial charge on any atom is 0.325 e. The van der Waals surface area contributed by atoms with Crippen molar-refractivity contribution in [3.8, 4) is 0 Å². The van der Waals surface area contributed by atoms with Crippen molar-refractivity contribution in [1.82, 2.24) is 5.32 Å². The molecular weight excluding hydrogens is 379 g/mol.